The van der Waals surface area contributed by atoms with Crippen LogP contribution in [0.2, 0.25) is 0 Å². The average molecular weight is 263 g/mol. The Hall–Kier alpha value is -1.42. The second kappa shape index (κ2) is 5.29. The molecule has 4 nitrogen and oxygen atoms in total. The number of aromatic nitrogens is 1. The van der Waals surface area contributed by atoms with Gasteiger partial charge in [0.1, 0.15) is 11.4 Å². The fourth-order valence-electron chi connectivity index (χ4n) is 2.59. The number of rotatable bonds is 4. The number of aryl methyl sites for hydroxylation is 1. The lowest BCUT2D eigenvalue weighted by Gasteiger charge is -2.22. The zero-order valence-electron chi connectivity index (χ0n) is 12.1. The van der Waals surface area contributed by atoms with E-state index in [9.17, 15) is 4.79 Å². The van der Waals surface area contributed by atoms with Crippen LogP contribution < -0.4 is 4.74 Å². The van der Waals surface area contributed by atoms with E-state index in [0.29, 0.717) is 13.0 Å². The van der Waals surface area contributed by atoms with Crippen molar-refractivity contribution in [1.29, 1.82) is 0 Å². The van der Waals surface area contributed by atoms with Crippen molar-refractivity contribution in [2.45, 2.75) is 45.6 Å². The summed E-state index contributed by atoms with van der Waals surface area (Å²) in [5.74, 6) is 0.918. The number of ketones is 1. The molecule has 1 aliphatic rings. The normalized spacial score (nSPS) is 22.5. The van der Waals surface area contributed by atoms with E-state index in [2.05, 4.69) is 4.98 Å². The predicted octanol–water partition coefficient (Wildman–Crippen LogP) is 2.39. The van der Waals surface area contributed by atoms with E-state index in [4.69, 9.17) is 9.47 Å². The van der Waals surface area contributed by atoms with Crippen molar-refractivity contribution in [3.8, 4) is 5.75 Å². The molecule has 1 unspecified atom stereocenters. The molecule has 4 heteroatoms. The maximum Gasteiger partial charge on any atom is 0.170 e. The van der Waals surface area contributed by atoms with Gasteiger partial charge in [-0.1, -0.05) is 0 Å². The molecule has 0 amide bonds. The van der Waals surface area contributed by atoms with Crippen LogP contribution in [0.5, 0.6) is 5.75 Å². The summed E-state index contributed by atoms with van der Waals surface area (Å²) in [6.07, 6.45) is 3.81. The third-order valence-electron chi connectivity index (χ3n) is 3.89. The van der Waals surface area contributed by atoms with Gasteiger partial charge in [-0.25, -0.2) is 0 Å². The zero-order valence-corrected chi connectivity index (χ0v) is 12.1. The van der Waals surface area contributed by atoms with Gasteiger partial charge in [-0.3, -0.25) is 9.78 Å². The molecule has 1 aromatic heterocycles. The highest BCUT2D eigenvalue weighted by Crippen LogP contribution is 2.29. The largest absolute Gasteiger partial charge is 0.496 e. The first-order valence-electron chi connectivity index (χ1n) is 6.64. The molecule has 2 rings (SSSR count). The molecule has 0 N–H and O–H groups in total. The van der Waals surface area contributed by atoms with Crippen molar-refractivity contribution < 1.29 is 14.3 Å². The molecule has 1 atom stereocenters. The summed E-state index contributed by atoms with van der Waals surface area (Å²) in [5, 5.41) is 0. The fourth-order valence-corrected chi connectivity index (χ4v) is 2.59. The smallest absolute Gasteiger partial charge is 0.170 e. The summed E-state index contributed by atoms with van der Waals surface area (Å²) in [5.41, 5.74) is 2.08. The van der Waals surface area contributed by atoms with Crippen LogP contribution in [0.15, 0.2) is 6.20 Å². The summed E-state index contributed by atoms with van der Waals surface area (Å²) < 4.78 is 11.0. The number of hydrogen-bond acceptors (Lipinski definition) is 4. The van der Waals surface area contributed by atoms with Crippen molar-refractivity contribution in [2.24, 2.45) is 0 Å². The second-order valence-electron chi connectivity index (χ2n) is 5.33. The summed E-state index contributed by atoms with van der Waals surface area (Å²) >= 11 is 0. The van der Waals surface area contributed by atoms with Gasteiger partial charge in [-0.2, -0.15) is 0 Å². The van der Waals surface area contributed by atoms with Crippen LogP contribution in [0.4, 0.5) is 0 Å². The number of hydrogen-bond donors (Lipinski definition) is 0. The van der Waals surface area contributed by atoms with Crippen LogP contribution in [-0.2, 0) is 16.0 Å². The third kappa shape index (κ3) is 2.63. The monoisotopic (exact) mass is 263 g/mol. The van der Waals surface area contributed by atoms with Crippen LogP contribution in [0.3, 0.4) is 0 Å². The van der Waals surface area contributed by atoms with E-state index in [1.165, 1.54) is 0 Å². The molecule has 1 fully saturated rings. The number of ether oxygens (including phenoxy) is 2. The summed E-state index contributed by atoms with van der Waals surface area (Å²) in [4.78, 5) is 16.7. The van der Waals surface area contributed by atoms with E-state index < -0.39 is 5.60 Å². The van der Waals surface area contributed by atoms with Gasteiger partial charge >= 0.3 is 0 Å². The number of carbonyl (C=O) groups excluding carboxylic acids is 1. The van der Waals surface area contributed by atoms with Crippen LogP contribution in [0.25, 0.3) is 0 Å². The number of methoxy groups -OCH3 is 1. The Balaban J connectivity index is 2.22. The molecular weight excluding hydrogens is 242 g/mol. The highest BCUT2D eigenvalue weighted by atomic mass is 16.5. The molecule has 2 heterocycles. The highest BCUT2D eigenvalue weighted by Gasteiger charge is 2.37. The summed E-state index contributed by atoms with van der Waals surface area (Å²) in [6, 6.07) is 0. The summed E-state index contributed by atoms with van der Waals surface area (Å²) in [7, 11) is 1.64. The van der Waals surface area contributed by atoms with Gasteiger partial charge in [0.15, 0.2) is 5.78 Å². The topological polar surface area (TPSA) is 48.4 Å². The molecule has 0 saturated carbocycles. The molecule has 0 bridgehead atoms. The molecule has 0 aromatic carbocycles. The average Bonchev–Trinajstić information content (AvgIpc) is 2.82. The maximum atomic E-state index is 12.4. The third-order valence-corrected chi connectivity index (χ3v) is 3.89. The van der Waals surface area contributed by atoms with Gasteiger partial charge in [0.25, 0.3) is 0 Å². The lowest BCUT2D eigenvalue weighted by Crippen LogP contribution is -2.35. The van der Waals surface area contributed by atoms with Crippen LogP contribution >= 0.6 is 0 Å². The first-order chi connectivity index (χ1) is 8.98. The number of Topliss-reactive ketones (excluding diaryl/α,β-unsaturated/α-hetero) is 1. The highest BCUT2D eigenvalue weighted by molar-refractivity contribution is 5.89. The fraction of sp³-hybridized carbons (Fsp3) is 0.600. The lowest BCUT2D eigenvalue weighted by molar-refractivity contribution is -0.136. The molecule has 0 radical (unpaired) electrons. The Labute approximate surface area is 114 Å². The molecule has 0 aliphatic carbocycles. The van der Waals surface area contributed by atoms with Gasteiger partial charge in [-0.05, 0) is 33.6 Å². The van der Waals surface area contributed by atoms with Crippen LogP contribution in [0, 0.1) is 13.8 Å². The quantitative estimate of drug-likeness (QED) is 0.837. The Kier molecular flexibility index (Phi) is 3.90. The number of pyridine rings is 1. The maximum absolute atomic E-state index is 12.4. The molecule has 1 aliphatic heterocycles. The first kappa shape index (κ1) is 14.0. The van der Waals surface area contributed by atoms with E-state index in [-0.39, 0.29) is 5.78 Å². The predicted molar refractivity (Wildman–Crippen MR) is 72.6 cm³/mol. The van der Waals surface area contributed by atoms with Gasteiger partial charge in [0.05, 0.1) is 19.2 Å². The minimum absolute atomic E-state index is 0.103. The van der Waals surface area contributed by atoms with Crippen molar-refractivity contribution in [3.63, 3.8) is 0 Å². The Bertz CT molecular complexity index is 490. The van der Waals surface area contributed by atoms with Gasteiger partial charge in [-0.15, -0.1) is 0 Å². The molecule has 104 valence electrons. The zero-order chi connectivity index (χ0) is 14.0. The van der Waals surface area contributed by atoms with Crippen molar-refractivity contribution >= 4 is 5.78 Å². The van der Waals surface area contributed by atoms with Crippen molar-refractivity contribution in [1.82, 2.24) is 4.98 Å². The molecule has 19 heavy (non-hydrogen) atoms. The van der Waals surface area contributed by atoms with E-state index in [0.717, 1.165) is 35.4 Å². The SMILES string of the molecule is COc1c(C)cnc(CC(=O)C2(C)CCCO2)c1C. The van der Waals surface area contributed by atoms with Crippen LogP contribution in [0.1, 0.15) is 36.6 Å². The lowest BCUT2D eigenvalue weighted by atomic mass is 9.92. The molecule has 0 spiro atoms. The number of nitrogens with zero attached hydrogens (tertiary/aromatic N) is 1. The molecular formula is C15H21NO3. The van der Waals surface area contributed by atoms with Crippen molar-refractivity contribution in [2.75, 3.05) is 13.7 Å². The Morgan fingerprint density at radius 1 is 1.53 bits per heavy atom. The van der Waals surface area contributed by atoms with E-state index in [1.807, 2.05) is 20.8 Å². The summed E-state index contributed by atoms with van der Waals surface area (Å²) in [6.45, 7) is 6.44. The minimum Gasteiger partial charge on any atom is -0.496 e. The van der Waals surface area contributed by atoms with Gasteiger partial charge in [0.2, 0.25) is 0 Å². The van der Waals surface area contributed by atoms with E-state index >= 15 is 0 Å². The van der Waals surface area contributed by atoms with Crippen molar-refractivity contribution in [3.05, 3.63) is 23.0 Å². The standard InChI is InChI=1S/C15H21NO3/c1-10-9-16-12(11(2)14(10)18-4)8-13(17)15(3)6-5-7-19-15/h9H,5-8H2,1-4H3. The minimum atomic E-state index is -0.633. The molecule has 1 saturated heterocycles. The van der Waals surface area contributed by atoms with E-state index in [1.54, 1.807) is 13.3 Å². The van der Waals surface area contributed by atoms with Gasteiger partial charge < -0.3 is 9.47 Å². The van der Waals surface area contributed by atoms with Gasteiger partial charge in [0, 0.05) is 23.9 Å². The number of carbonyl (C=O) groups is 1. The first-order valence-corrected chi connectivity index (χ1v) is 6.64. The van der Waals surface area contributed by atoms with Crippen LogP contribution in [-0.4, -0.2) is 30.1 Å². The Morgan fingerprint density at radius 2 is 2.26 bits per heavy atom. The Morgan fingerprint density at radius 3 is 2.84 bits per heavy atom. The molecule has 1 aromatic rings. The second-order valence-corrected chi connectivity index (χ2v) is 5.33.